The number of hydrazine groups is 1. The minimum absolute atomic E-state index is 0.0666. The predicted octanol–water partition coefficient (Wildman–Crippen LogP) is 2.14. The molecule has 0 aromatic heterocycles. The highest BCUT2D eigenvalue weighted by Crippen LogP contribution is 2.23. The first kappa shape index (κ1) is 19.6. The lowest BCUT2D eigenvalue weighted by Gasteiger charge is -2.15. The fourth-order valence-corrected chi connectivity index (χ4v) is 3.75. The first-order valence-corrected chi connectivity index (χ1v) is 10.1. The van der Waals surface area contributed by atoms with Gasteiger partial charge in [-0.2, -0.15) is 0 Å². The molecule has 29 heavy (non-hydrogen) atoms. The summed E-state index contributed by atoms with van der Waals surface area (Å²) in [4.78, 5) is 25.4. The molecule has 4 rings (SSSR count). The standard InChI is InChI=1S/C22H26N4O3/c27-21(23-14-16-9-6-12-29-16)17-10-4-5-11-18(17)24-22(28)20-13-19(25-26-20)15-7-2-1-3-8-15/h1-5,7-8,10-11,16,19-20,25-26H,6,9,12-14H2,(H,23,27)(H,24,28). The number of carbonyl (C=O) groups excluding carboxylic acids is 2. The van der Waals surface area contributed by atoms with Crippen LogP contribution in [0.1, 0.15) is 41.2 Å². The Hall–Kier alpha value is -2.74. The summed E-state index contributed by atoms with van der Waals surface area (Å²) in [6.07, 6.45) is 2.69. The van der Waals surface area contributed by atoms with Crippen molar-refractivity contribution in [2.45, 2.75) is 37.5 Å². The number of amides is 2. The zero-order valence-electron chi connectivity index (χ0n) is 16.2. The zero-order chi connectivity index (χ0) is 20.1. The fourth-order valence-electron chi connectivity index (χ4n) is 3.75. The summed E-state index contributed by atoms with van der Waals surface area (Å²) in [6, 6.07) is 16.7. The van der Waals surface area contributed by atoms with Crippen LogP contribution in [0.3, 0.4) is 0 Å². The number of para-hydroxylation sites is 1. The van der Waals surface area contributed by atoms with Crippen LogP contribution in [-0.2, 0) is 9.53 Å². The molecule has 0 aliphatic carbocycles. The van der Waals surface area contributed by atoms with Crippen LogP contribution in [0.5, 0.6) is 0 Å². The van der Waals surface area contributed by atoms with Crippen molar-refractivity contribution < 1.29 is 14.3 Å². The average Bonchev–Trinajstić information content (AvgIpc) is 3.45. The van der Waals surface area contributed by atoms with Gasteiger partial charge in [0, 0.05) is 19.2 Å². The fraction of sp³-hybridized carbons (Fsp3) is 0.364. The second-order valence-corrected chi connectivity index (χ2v) is 7.42. The van der Waals surface area contributed by atoms with Gasteiger partial charge in [-0.3, -0.25) is 9.59 Å². The number of ether oxygens (including phenoxy) is 1. The quantitative estimate of drug-likeness (QED) is 0.603. The summed E-state index contributed by atoms with van der Waals surface area (Å²) in [5.74, 6) is -0.383. The molecule has 2 fully saturated rings. The van der Waals surface area contributed by atoms with Gasteiger partial charge in [0.05, 0.1) is 17.4 Å². The maximum absolute atomic E-state index is 12.8. The minimum atomic E-state index is -0.386. The van der Waals surface area contributed by atoms with E-state index < -0.39 is 0 Å². The predicted molar refractivity (Wildman–Crippen MR) is 110 cm³/mol. The summed E-state index contributed by atoms with van der Waals surface area (Å²) in [5.41, 5.74) is 8.32. The molecule has 2 aliphatic rings. The van der Waals surface area contributed by atoms with Gasteiger partial charge >= 0.3 is 0 Å². The van der Waals surface area contributed by atoms with E-state index in [1.165, 1.54) is 0 Å². The summed E-state index contributed by atoms with van der Waals surface area (Å²) in [6.45, 7) is 1.23. The molecule has 2 aliphatic heterocycles. The zero-order valence-corrected chi connectivity index (χ0v) is 16.2. The molecular weight excluding hydrogens is 368 g/mol. The van der Waals surface area contributed by atoms with Crippen LogP contribution < -0.4 is 21.5 Å². The van der Waals surface area contributed by atoms with Crippen molar-refractivity contribution in [1.29, 1.82) is 0 Å². The molecule has 7 nitrogen and oxygen atoms in total. The Bertz CT molecular complexity index is 852. The SMILES string of the molecule is O=C(NCC1CCCO1)c1ccccc1NC(=O)C1CC(c2ccccc2)NN1. The van der Waals surface area contributed by atoms with E-state index in [0.717, 1.165) is 25.0 Å². The van der Waals surface area contributed by atoms with Crippen molar-refractivity contribution in [2.24, 2.45) is 0 Å². The summed E-state index contributed by atoms with van der Waals surface area (Å²) < 4.78 is 5.55. The van der Waals surface area contributed by atoms with Gasteiger partial charge in [-0.15, -0.1) is 0 Å². The van der Waals surface area contributed by atoms with Gasteiger partial charge in [-0.25, -0.2) is 10.9 Å². The van der Waals surface area contributed by atoms with E-state index in [1.807, 2.05) is 30.3 Å². The topological polar surface area (TPSA) is 91.5 Å². The number of nitrogens with one attached hydrogen (secondary N) is 4. The molecule has 2 saturated heterocycles. The third-order valence-corrected chi connectivity index (χ3v) is 5.37. The molecule has 7 heteroatoms. The number of benzene rings is 2. The van der Waals surface area contributed by atoms with Gasteiger partial charge in [-0.05, 0) is 37.0 Å². The molecule has 0 spiro atoms. The number of rotatable bonds is 6. The largest absolute Gasteiger partial charge is 0.376 e. The van der Waals surface area contributed by atoms with Gasteiger partial charge in [0.2, 0.25) is 5.91 Å². The van der Waals surface area contributed by atoms with Gasteiger partial charge in [0.15, 0.2) is 0 Å². The molecule has 2 amide bonds. The van der Waals surface area contributed by atoms with Crippen molar-refractivity contribution in [3.8, 4) is 0 Å². The summed E-state index contributed by atoms with van der Waals surface area (Å²) in [5, 5.41) is 5.81. The van der Waals surface area contributed by atoms with Crippen LogP contribution >= 0.6 is 0 Å². The van der Waals surface area contributed by atoms with E-state index in [9.17, 15) is 9.59 Å². The normalized spacial score (nSPS) is 23.7. The monoisotopic (exact) mass is 394 g/mol. The lowest BCUT2D eigenvalue weighted by Crippen LogP contribution is -2.40. The molecule has 0 saturated carbocycles. The molecule has 3 atom stereocenters. The molecule has 0 radical (unpaired) electrons. The Morgan fingerprint density at radius 2 is 1.83 bits per heavy atom. The second-order valence-electron chi connectivity index (χ2n) is 7.42. The molecule has 0 bridgehead atoms. The van der Waals surface area contributed by atoms with E-state index >= 15 is 0 Å². The highest BCUT2D eigenvalue weighted by molar-refractivity contribution is 6.04. The summed E-state index contributed by atoms with van der Waals surface area (Å²) in [7, 11) is 0. The van der Waals surface area contributed by atoms with Crippen molar-refractivity contribution in [3.05, 3.63) is 65.7 Å². The average molecular weight is 394 g/mol. The Labute approximate surface area is 170 Å². The maximum atomic E-state index is 12.8. The van der Waals surface area contributed by atoms with E-state index in [1.54, 1.807) is 24.3 Å². The third-order valence-electron chi connectivity index (χ3n) is 5.37. The van der Waals surface area contributed by atoms with Crippen molar-refractivity contribution in [1.82, 2.24) is 16.2 Å². The van der Waals surface area contributed by atoms with Crippen molar-refractivity contribution in [3.63, 3.8) is 0 Å². The van der Waals surface area contributed by atoms with Crippen LogP contribution in [0.15, 0.2) is 54.6 Å². The first-order valence-electron chi connectivity index (χ1n) is 10.1. The Kier molecular flexibility index (Phi) is 6.19. The number of hydrogen-bond acceptors (Lipinski definition) is 5. The van der Waals surface area contributed by atoms with Gasteiger partial charge in [-0.1, -0.05) is 42.5 Å². The van der Waals surface area contributed by atoms with E-state index in [-0.39, 0.29) is 30.0 Å². The maximum Gasteiger partial charge on any atom is 0.253 e. The molecule has 2 heterocycles. The molecule has 152 valence electrons. The van der Waals surface area contributed by atoms with E-state index in [2.05, 4.69) is 21.5 Å². The van der Waals surface area contributed by atoms with Gasteiger partial charge < -0.3 is 15.4 Å². The number of hydrogen-bond donors (Lipinski definition) is 4. The van der Waals surface area contributed by atoms with Gasteiger partial charge in [0.25, 0.3) is 5.91 Å². The lowest BCUT2D eigenvalue weighted by molar-refractivity contribution is -0.117. The summed E-state index contributed by atoms with van der Waals surface area (Å²) >= 11 is 0. The molecule has 3 unspecified atom stereocenters. The number of carbonyl (C=O) groups is 2. The molecular formula is C22H26N4O3. The first-order chi connectivity index (χ1) is 14.2. The van der Waals surface area contributed by atoms with Gasteiger partial charge in [0.1, 0.15) is 6.04 Å². The smallest absolute Gasteiger partial charge is 0.253 e. The minimum Gasteiger partial charge on any atom is -0.376 e. The molecule has 2 aromatic rings. The number of anilines is 1. The highest BCUT2D eigenvalue weighted by Gasteiger charge is 2.30. The Morgan fingerprint density at radius 3 is 2.62 bits per heavy atom. The van der Waals surface area contributed by atoms with Crippen LogP contribution in [0.2, 0.25) is 0 Å². The Morgan fingerprint density at radius 1 is 1.03 bits per heavy atom. The van der Waals surface area contributed by atoms with Crippen LogP contribution in [0.4, 0.5) is 5.69 Å². The van der Waals surface area contributed by atoms with E-state index in [0.29, 0.717) is 24.2 Å². The lowest BCUT2D eigenvalue weighted by atomic mass is 10.0. The van der Waals surface area contributed by atoms with Crippen LogP contribution in [0, 0.1) is 0 Å². The van der Waals surface area contributed by atoms with Crippen molar-refractivity contribution >= 4 is 17.5 Å². The molecule has 2 aromatic carbocycles. The second kappa shape index (κ2) is 9.17. The van der Waals surface area contributed by atoms with Crippen molar-refractivity contribution in [2.75, 3.05) is 18.5 Å². The Balaban J connectivity index is 1.36. The molecule has 4 N–H and O–H groups in total. The third kappa shape index (κ3) is 4.82. The van der Waals surface area contributed by atoms with E-state index in [4.69, 9.17) is 4.74 Å². The van der Waals surface area contributed by atoms with Crippen LogP contribution in [0.25, 0.3) is 0 Å². The highest BCUT2D eigenvalue weighted by atomic mass is 16.5. The van der Waals surface area contributed by atoms with Crippen LogP contribution in [-0.4, -0.2) is 37.1 Å².